The highest BCUT2D eigenvalue weighted by Crippen LogP contribution is 2.25. The zero-order valence-corrected chi connectivity index (χ0v) is 11.2. The van der Waals surface area contributed by atoms with E-state index in [9.17, 15) is 19.8 Å². The Hall–Kier alpha value is -1.72. The predicted molar refractivity (Wildman–Crippen MR) is 72.1 cm³/mol. The van der Waals surface area contributed by atoms with Crippen LogP contribution < -0.4 is 4.90 Å². The molecule has 0 spiro atoms. The van der Waals surface area contributed by atoms with Crippen molar-refractivity contribution >= 4 is 17.3 Å². The summed E-state index contributed by atoms with van der Waals surface area (Å²) in [6.07, 6.45) is 0. The number of anilines is 1. The molecule has 2 N–H and O–H groups in total. The largest absolute Gasteiger partial charge is 0.395 e. The highest BCUT2D eigenvalue weighted by molar-refractivity contribution is 6.13. The van der Waals surface area contributed by atoms with Crippen molar-refractivity contribution in [3.8, 4) is 0 Å². The minimum Gasteiger partial charge on any atom is -0.395 e. The van der Waals surface area contributed by atoms with E-state index in [2.05, 4.69) is 0 Å². The maximum absolute atomic E-state index is 11.9. The van der Waals surface area contributed by atoms with Crippen molar-refractivity contribution in [2.24, 2.45) is 0 Å². The van der Waals surface area contributed by atoms with E-state index in [1.54, 1.807) is 24.3 Å². The topological polar surface area (TPSA) is 77.8 Å². The third-order valence-corrected chi connectivity index (χ3v) is 3.25. The van der Waals surface area contributed by atoms with Gasteiger partial charge in [0, 0.05) is 12.2 Å². The molecule has 5 heteroatoms. The summed E-state index contributed by atoms with van der Waals surface area (Å²) in [6, 6.07) is 8.80. The molecule has 0 atom stereocenters. The molecular formula is C14H19NO4. The van der Waals surface area contributed by atoms with Gasteiger partial charge in [-0.25, -0.2) is 0 Å². The number of nitrogens with zero attached hydrogens (tertiary/aromatic N) is 1. The molecule has 1 aromatic rings. The average Bonchev–Trinajstić information content (AvgIpc) is 2.39. The van der Waals surface area contributed by atoms with E-state index < -0.39 is 23.7 Å². The van der Waals surface area contributed by atoms with Gasteiger partial charge in [-0.15, -0.1) is 0 Å². The fraction of sp³-hybridized carbons (Fsp3) is 0.429. The molecule has 0 radical (unpaired) electrons. The average molecular weight is 265 g/mol. The molecule has 0 fully saturated rings. The van der Waals surface area contributed by atoms with E-state index in [1.165, 1.54) is 18.7 Å². The standard InChI is InChI=1S/C14H19NO4/c1-11(18)14(10-17,12(2)19)15(8-9-16)13-6-4-3-5-7-13/h3-7,16-17H,8-10H2,1-2H3. The maximum atomic E-state index is 11.9. The fourth-order valence-electron chi connectivity index (χ4n) is 2.18. The monoisotopic (exact) mass is 265 g/mol. The summed E-state index contributed by atoms with van der Waals surface area (Å²) in [7, 11) is 0. The van der Waals surface area contributed by atoms with Crippen LogP contribution >= 0.6 is 0 Å². The van der Waals surface area contributed by atoms with Gasteiger partial charge in [0.05, 0.1) is 13.2 Å². The zero-order chi connectivity index (χ0) is 14.5. The van der Waals surface area contributed by atoms with Crippen molar-refractivity contribution in [3.05, 3.63) is 30.3 Å². The lowest BCUT2D eigenvalue weighted by Crippen LogP contribution is -2.62. The summed E-state index contributed by atoms with van der Waals surface area (Å²) in [6.45, 7) is 1.78. The first kappa shape index (κ1) is 15.3. The van der Waals surface area contributed by atoms with E-state index in [4.69, 9.17) is 0 Å². The SMILES string of the molecule is CC(=O)C(CO)(C(C)=O)N(CCO)c1ccccc1. The molecule has 0 amide bonds. The molecule has 1 aromatic carbocycles. The quantitative estimate of drug-likeness (QED) is 0.698. The summed E-state index contributed by atoms with van der Waals surface area (Å²) >= 11 is 0. The predicted octanol–water partition coefficient (Wildman–Crippen LogP) is 0.394. The van der Waals surface area contributed by atoms with Crippen molar-refractivity contribution in [2.45, 2.75) is 19.4 Å². The van der Waals surface area contributed by atoms with Crippen LogP contribution in [0.2, 0.25) is 0 Å². The van der Waals surface area contributed by atoms with Gasteiger partial charge in [-0.1, -0.05) is 18.2 Å². The Kier molecular flexibility index (Phi) is 5.20. The molecule has 104 valence electrons. The lowest BCUT2D eigenvalue weighted by atomic mass is 9.88. The van der Waals surface area contributed by atoms with Crippen LogP contribution in [0.25, 0.3) is 0 Å². The number of rotatable bonds is 7. The van der Waals surface area contributed by atoms with Gasteiger partial charge in [-0.3, -0.25) is 9.59 Å². The number of aliphatic hydroxyl groups is 2. The van der Waals surface area contributed by atoms with Crippen LogP contribution in [0.15, 0.2) is 30.3 Å². The number of ketones is 2. The normalized spacial score (nSPS) is 11.2. The van der Waals surface area contributed by atoms with E-state index >= 15 is 0 Å². The Bertz CT molecular complexity index is 430. The highest BCUT2D eigenvalue weighted by Gasteiger charge is 2.45. The third-order valence-electron chi connectivity index (χ3n) is 3.25. The van der Waals surface area contributed by atoms with Gasteiger partial charge in [-0.05, 0) is 26.0 Å². The molecule has 0 saturated heterocycles. The third kappa shape index (κ3) is 2.83. The Balaban J connectivity index is 3.36. The Labute approximate surface area is 112 Å². The number of carbonyl (C=O) groups is 2. The van der Waals surface area contributed by atoms with Crippen LogP contribution in [-0.2, 0) is 9.59 Å². The smallest absolute Gasteiger partial charge is 0.180 e. The first-order valence-electron chi connectivity index (χ1n) is 6.07. The summed E-state index contributed by atoms with van der Waals surface area (Å²) in [5.41, 5.74) is -1.03. The Morgan fingerprint density at radius 1 is 1.11 bits per heavy atom. The van der Waals surface area contributed by atoms with Crippen molar-refractivity contribution in [2.75, 3.05) is 24.7 Å². The molecule has 1 rings (SSSR count). The van der Waals surface area contributed by atoms with Crippen molar-refractivity contribution in [1.82, 2.24) is 0 Å². The van der Waals surface area contributed by atoms with Gasteiger partial charge in [0.25, 0.3) is 0 Å². The summed E-state index contributed by atoms with van der Waals surface area (Å²) in [5.74, 6) is -0.889. The van der Waals surface area contributed by atoms with Gasteiger partial charge in [0.15, 0.2) is 17.1 Å². The first-order valence-corrected chi connectivity index (χ1v) is 6.07. The number of Topliss-reactive ketones (excluding diaryl/α,β-unsaturated/α-hetero) is 2. The number of para-hydroxylation sites is 1. The molecule has 0 bridgehead atoms. The maximum Gasteiger partial charge on any atom is 0.180 e. The molecule has 0 aromatic heterocycles. The minimum absolute atomic E-state index is 0.0870. The number of hydrogen-bond donors (Lipinski definition) is 2. The van der Waals surface area contributed by atoms with Crippen LogP contribution in [0.3, 0.4) is 0 Å². The Morgan fingerprint density at radius 2 is 1.63 bits per heavy atom. The van der Waals surface area contributed by atoms with Gasteiger partial charge >= 0.3 is 0 Å². The second kappa shape index (κ2) is 6.45. The van der Waals surface area contributed by atoms with E-state index in [1.807, 2.05) is 6.07 Å². The van der Waals surface area contributed by atoms with Crippen molar-refractivity contribution in [3.63, 3.8) is 0 Å². The second-order valence-electron chi connectivity index (χ2n) is 4.34. The zero-order valence-electron chi connectivity index (χ0n) is 11.2. The van der Waals surface area contributed by atoms with E-state index in [0.717, 1.165) is 0 Å². The molecule has 0 aliphatic carbocycles. The number of carbonyl (C=O) groups excluding carboxylic acids is 2. The van der Waals surface area contributed by atoms with Crippen molar-refractivity contribution in [1.29, 1.82) is 0 Å². The lowest BCUT2D eigenvalue weighted by Gasteiger charge is -2.40. The molecule has 0 aliphatic heterocycles. The van der Waals surface area contributed by atoms with E-state index in [-0.39, 0.29) is 13.2 Å². The highest BCUT2D eigenvalue weighted by atomic mass is 16.3. The van der Waals surface area contributed by atoms with Crippen LogP contribution in [0.5, 0.6) is 0 Å². The summed E-state index contributed by atoms with van der Waals surface area (Å²) in [4.78, 5) is 25.3. The second-order valence-corrected chi connectivity index (χ2v) is 4.34. The molecule has 0 heterocycles. The number of aliphatic hydroxyl groups excluding tert-OH is 2. The number of hydrogen-bond acceptors (Lipinski definition) is 5. The minimum atomic E-state index is -1.63. The van der Waals surface area contributed by atoms with Gasteiger partial charge in [-0.2, -0.15) is 0 Å². The van der Waals surface area contributed by atoms with Crippen molar-refractivity contribution < 1.29 is 19.8 Å². The van der Waals surface area contributed by atoms with Crippen LogP contribution in [0.1, 0.15) is 13.8 Å². The first-order chi connectivity index (χ1) is 9.00. The molecule has 5 nitrogen and oxygen atoms in total. The molecule has 19 heavy (non-hydrogen) atoms. The summed E-state index contributed by atoms with van der Waals surface area (Å²) in [5, 5.41) is 18.8. The molecule has 0 aliphatic rings. The van der Waals surface area contributed by atoms with Crippen LogP contribution in [-0.4, -0.2) is 47.1 Å². The summed E-state index contributed by atoms with van der Waals surface area (Å²) < 4.78 is 0. The van der Waals surface area contributed by atoms with Crippen LogP contribution in [0.4, 0.5) is 5.69 Å². The van der Waals surface area contributed by atoms with Crippen LogP contribution in [0, 0.1) is 0 Å². The number of benzene rings is 1. The number of β-amino-alcohol motifs (C(OH)–C–C–N with tert-alkyl or cyclic N) is 1. The fourth-order valence-corrected chi connectivity index (χ4v) is 2.18. The Morgan fingerprint density at radius 3 is 2.00 bits per heavy atom. The van der Waals surface area contributed by atoms with Gasteiger partial charge < -0.3 is 15.1 Å². The molecule has 0 saturated carbocycles. The van der Waals surface area contributed by atoms with Gasteiger partial charge in [0.2, 0.25) is 0 Å². The molecule has 0 unspecified atom stereocenters. The van der Waals surface area contributed by atoms with E-state index in [0.29, 0.717) is 5.69 Å². The molecular weight excluding hydrogens is 246 g/mol. The lowest BCUT2D eigenvalue weighted by molar-refractivity contribution is -0.134. The van der Waals surface area contributed by atoms with Gasteiger partial charge in [0.1, 0.15) is 0 Å².